The highest BCUT2D eigenvalue weighted by Gasteiger charge is 2.32. The Morgan fingerprint density at radius 1 is 0.711 bits per heavy atom. The third-order valence-corrected chi connectivity index (χ3v) is 5.13. The van der Waals surface area contributed by atoms with Gasteiger partial charge >= 0.3 is 12.4 Å². The Balaban J connectivity index is 2.01. The lowest BCUT2D eigenvalue weighted by molar-refractivity contribution is -0.138. The fraction of sp³-hybridized carbons (Fsp3) is 0.154. The topological polar surface area (TPSA) is 76.7 Å². The van der Waals surface area contributed by atoms with E-state index >= 15 is 0 Å². The van der Waals surface area contributed by atoms with Crippen molar-refractivity contribution < 1.29 is 45.4 Å². The van der Waals surface area contributed by atoms with Gasteiger partial charge in [-0.1, -0.05) is 12.1 Å². The average Bonchev–Trinajstić information content (AvgIpc) is 2.86. The van der Waals surface area contributed by atoms with Gasteiger partial charge in [-0.15, -0.1) is 0 Å². The molecule has 0 radical (unpaired) electrons. The van der Waals surface area contributed by atoms with Gasteiger partial charge in [0.15, 0.2) is 0 Å². The molecule has 0 unspecified atom stereocenters. The largest absolute Gasteiger partial charge is 0.497 e. The average molecular weight is 538 g/mol. The number of hydrogen-bond acceptors (Lipinski definition) is 4. The number of ether oxygens (including phenoxy) is 2. The van der Waals surface area contributed by atoms with Crippen LogP contribution in [0.15, 0.2) is 72.3 Å². The van der Waals surface area contributed by atoms with Gasteiger partial charge in [0.05, 0.1) is 25.3 Å². The van der Waals surface area contributed by atoms with E-state index in [1.807, 2.05) is 0 Å². The molecule has 3 rings (SSSR count). The summed E-state index contributed by atoms with van der Waals surface area (Å²) in [6, 6.07) is 11.9. The molecule has 200 valence electrons. The number of benzene rings is 3. The molecule has 0 saturated carbocycles. The number of alkyl halides is 6. The first kappa shape index (κ1) is 28.1. The molecule has 0 heterocycles. The van der Waals surface area contributed by atoms with E-state index in [2.05, 4.69) is 10.6 Å². The molecule has 0 aliphatic rings. The first-order valence-corrected chi connectivity index (χ1v) is 10.7. The SMILES string of the molecule is COc1ccc(C=C(C(=O)Nc2cccc(C(F)(F)F)c2)C(=O)Nc2cccc(C(F)(F)F)c2)c(OC)c1. The Morgan fingerprint density at radius 3 is 1.63 bits per heavy atom. The second kappa shape index (κ2) is 11.3. The van der Waals surface area contributed by atoms with Gasteiger partial charge in [-0.25, -0.2) is 0 Å². The maximum atomic E-state index is 13.1. The smallest absolute Gasteiger partial charge is 0.416 e. The van der Waals surface area contributed by atoms with E-state index in [-0.39, 0.29) is 22.7 Å². The maximum Gasteiger partial charge on any atom is 0.416 e. The van der Waals surface area contributed by atoms with Gasteiger partial charge in [0.2, 0.25) is 0 Å². The van der Waals surface area contributed by atoms with Gasteiger partial charge in [-0.2, -0.15) is 26.3 Å². The van der Waals surface area contributed by atoms with E-state index in [1.54, 1.807) is 0 Å². The molecule has 0 saturated heterocycles. The molecule has 0 spiro atoms. The predicted octanol–water partition coefficient (Wildman–Crippen LogP) is 6.40. The molecule has 0 atom stereocenters. The minimum atomic E-state index is -4.68. The van der Waals surface area contributed by atoms with Crippen molar-refractivity contribution in [3.8, 4) is 11.5 Å². The minimum Gasteiger partial charge on any atom is -0.497 e. The standard InChI is InChI=1S/C26H20F6N2O4/c1-37-20-10-9-15(22(14-20)38-2)11-21(23(35)33-18-7-3-5-16(12-18)25(27,28)29)24(36)34-19-8-4-6-17(13-19)26(30,31)32/h3-14H,1-2H3,(H,33,35)(H,34,36). The zero-order chi connectivity index (χ0) is 28.1. The Bertz CT molecular complexity index is 1290. The highest BCUT2D eigenvalue weighted by atomic mass is 19.4. The number of hydrogen-bond donors (Lipinski definition) is 2. The zero-order valence-corrected chi connectivity index (χ0v) is 19.8. The Kier molecular flexibility index (Phi) is 8.34. The van der Waals surface area contributed by atoms with Crippen molar-refractivity contribution >= 4 is 29.3 Å². The molecule has 3 aromatic carbocycles. The highest BCUT2D eigenvalue weighted by Crippen LogP contribution is 2.32. The van der Waals surface area contributed by atoms with E-state index in [9.17, 15) is 35.9 Å². The second-order valence-corrected chi connectivity index (χ2v) is 7.73. The summed E-state index contributed by atoms with van der Waals surface area (Å²) in [5.41, 5.74) is -3.00. The lowest BCUT2D eigenvalue weighted by Crippen LogP contribution is -2.25. The van der Waals surface area contributed by atoms with E-state index in [1.165, 1.54) is 44.6 Å². The van der Waals surface area contributed by atoms with Gasteiger partial charge in [0.1, 0.15) is 17.1 Å². The molecule has 0 aliphatic carbocycles. The zero-order valence-electron chi connectivity index (χ0n) is 19.8. The Hall–Kier alpha value is -4.48. The normalized spacial score (nSPS) is 11.4. The summed E-state index contributed by atoms with van der Waals surface area (Å²) in [5.74, 6) is -1.67. The van der Waals surface area contributed by atoms with Crippen molar-refractivity contribution in [3.63, 3.8) is 0 Å². The molecule has 6 nitrogen and oxygen atoms in total. The van der Waals surface area contributed by atoms with Crippen LogP contribution in [0.5, 0.6) is 11.5 Å². The third kappa shape index (κ3) is 7.05. The molecule has 0 aromatic heterocycles. The molecular formula is C26H20F6N2O4. The number of nitrogens with one attached hydrogen (secondary N) is 2. The van der Waals surface area contributed by atoms with Gasteiger partial charge in [0.25, 0.3) is 11.8 Å². The van der Waals surface area contributed by atoms with Crippen molar-refractivity contribution in [2.75, 3.05) is 24.9 Å². The van der Waals surface area contributed by atoms with Crippen molar-refractivity contribution in [2.24, 2.45) is 0 Å². The molecule has 2 N–H and O–H groups in total. The monoisotopic (exact) mass is 538 g/mol. The lowest BCUT2D eigenvalue weighted by atomic mass is 10.1. The van der Waals surface area contributed by atoms with Crippen LogP contribution in [0.2, 0.25) is 0 Å². The van der Waals surface area contributed by atoms with Crippen LogP contribution in [-0.2, 0) is 21.9 Å². The van der Waals surface area contributed by atoms with E-state index < -0.39 is 40.9 Å². The molecule has 0 aliphatic heterocycles. The van der Waals surface area contributed by atoms with Crippen molar-refractivity contribution in [1.82, 2.24) is 0 Å². The number of rotatable bonds is 7. The third-order valence-electron chi connectivity index (χ3n) is 5.13. The fourth-order valence-electron chi connectivity index (χ4n) is 3.27. The number of anilines is 2. The summed E-state index contributed by atoms with van der Waals surface area (Å²) in [5, 5.41) is 4.45. The quantitative estimate of drug-likeness (QED) is 0.158. The second-order valence-electron chi connectivity index (χ2n) is 7.73. The van der Waals surface area contributed by atoms with E-state index in [4.69, 9.17) is 9.47 Å². The predicted molar refractivity (Wildman–Crippen MR) is 128 cm³/mol. The van der Waals surface area contributed by atoms with Crippen LogP contribution in [0.4, 0.5) is 37.7 Å². The molecular weight excluding hydrogens is 518 g/mol. The van der Waals surface area contributed by atoms with Crippen molar-refractivity contribution in [1.29, 1.82) is 0 Å². The molecule has 12 heteroatoms. The van der Waals surface area contributed by atoms with Crippen molar-refractivity contribution in [2.45, 2.75) is 12.4 Å². The lowest BCUT2D eigenvalue weighted by Gasteiger charge is -2.14. The summed E-state index contributed by atoms with van der Waals surface area (Å²) >= 11 is 0. The number of carbonyl (C=O) groups is 2. The number of methoxy groups -OCH3 is 2. The summed E-state index contributed by atoms with van der Waals surface area (Å²) in [4.78, 5) is 26.2. The van der Waals surface area contributed by atoms with Gasteiger partial charge in [-0.05, 0) is 54.6 Å². The number of carbonyl (C=O) groups excluding carboxylic acids is 2. The van der Waals surface area contributed by atoms with E-state index in [0.717, 1.165) is 30.3 Å². The van der Waals surface area contributed by atoms with Crippen LogP contribution in [0.1, 0.15) is 16.7 Å². The molecule has 38 heavy (non-hydrogen) atoms. The Morgan fingerprint density at radius 2 is 1.21 bits per heavy atom. The Labute approximate surface area is 212 Å². The summed E-state index contributed by atoms with van der Waals surface area (Å²) in [6.07, 6.45) is -8.28. The molecule has 2 amide bonds. The summed E-state index contributed by atoms with van der Waals surface area (Å²) < 4.78 is 88.9. The van der Waals surface area contributed by atoms with Crippen LogP contribution in [0, 0.1) is 0 Å². The van der Waals surface area contributed by atoms with Gasteiger partial charge in [0, 0.05) is 23.0 Å². The van der Waals surface area contributed by atoms with Crippen LogP contribution in [0.3, 0.4) is 0 Å². The van der Waals surface area contributed by atoms with Gasteiger partial charge < -0.3 is 20.1 Å². The molecule has 3 aromatic rings. The van der Waals surface area contributed by atoms with Crippen LogP contribution >= 0.6 is 0 Å². The first-order valence-electron chi connectivity index (χ1n) is 10.7. The van der Waals surface area contributed by atoms with Crippen LogP contribution in [0.25, 0.3) is 6.08 Å². The van der Waals surface area contributed by atoms with Crippen LogP contribution < -0.4 is 20.1 Å². The number of halogens is 6. The fourth-order valence-corrected chi connectivity index (χ4v) is 3.27. The minimum absolute atomic E-state index is 0.181. The summed E-state index contributed by atoms with van der Waals surface area (Å²) in [6.45, 7) is 0. The van der Waals surface area contributed by atoms with Crippen LogP contribution in [-0.4, -0.2) is 26.0 Å². The first-order chi connectivity index (χ1) is 17.8. The van der Waals surface area contributed by atoms with Gasteiger partial charge in [-0.3, -0.25) is 9.59 Å². The summed E-state index contributed by atoms with van der Waals surface area (Å²) in [7, 11) is 2.72. The van der Waals surface area contributed by atoms with Crippen molar-refractivity contribution in [3.05, 3.63) is 89.0 Å². The highest BCUT2D eigenvalue weighted by molar-refractivity contribution is 6.29. The van der Waals surface area contributed by atoms with E-state index in [0.29, 0.717) is 17.9 Å². The molecule has 0 fully saturated rings. The maximum absolute atomic E-state index is 13.1. The molecule has 0 bridgehead atoms. The number of amides is 2.